The second kappa shape index (κ2) is 10.7. The van der Waals surface area contributed by atoms with Crippen LogP contribution in [0, 0.1) is 0 Å². The lowest BCUT2D eigenvalue weighted by Crippen LogP contribution is -2.28. The first kappa shape index (κ1) is 16.5. The number of halogens is 2. The summed E-state index contributed by atoms with van der Waals surface area (Å²) >= 11 is 10.2. The molecule has 0 heterocycles. The lowest BCUT2D eigenvalue weighted by atomic mass is 10.4. The van der Waals surface area contributed by atoms with Crippen LogP contribution in [0.25, 0.3) is 0 Å². The van der Waals surface area contributed by atoms with Gasteiger partial charge in [0.15, 0.2) is 0 Å². The number of hydrogen-bond acceptors (Lipinski definition) is 5. The van der Waals surface area contributed by atoms with Gasteiger partial charge < -0.3 is 14.2 Å². The Morgan fingerprint density at radius 2 is 1.71 bits per heavy atom. The number of rotatable bonds is 11. The lowest BCUT2D eigenvalue weighted by molar-refractivity contribution is -0.125. The van der Waals surface area contributed by atoms with Gasteiger partial charge in [0.1, 0.15) is 19.3 Å². The molecule has 0 aromatic heterocycles. The van der Waals surface area contributed by atoms with Crippen LogP contribution in [0.2, 0.25) is 0 Å². The van der Waals surface area contributed by atoms with E-state index in [1.54, 1.807) is 6.08 Å². The third-order valence-electron chi connectivity index (χ3n) is 1.49. The van der Waals surface area contributed by atoms with Crippen LogP contribution in [0.15, 0.2) is 12.7 Å². The number of hydrogen-bond donors (Lipinski definition) is 0. The van der Waals surface area contributed by atoms with Gasteiger partial charge in [-0.1, -0.05) is 6.08 Å². The van der Waals surface area contributed by atoms with Gasteiger partial charge in [0.05, 0.1) is 19.8 Å². The molecular formula is C10H14Cl2O5. The molecule has 5 nitrogen and oxygen atoms in total. The topological polar surface area (TPSA) is 61.8 Å². The fourth-order valence-corrected chi connectivity index (χ4v) is 1.02. The van der Waals surface area contributed by atoms with Crippen molar-refractivity contribution in [2.75, 3.05) is 33.0 Å². The fourth-order valence-electron chi connectivity index (χ4n) is 0.881. The van der Waals surface area contributed by atoms with E-state index >= 15 is 0 Å². The Kier molecular flexibility index (Phi) is 10.4. The second-order valence-electron chi connectivity index (χ2n) is 2.98. The van der Waals surface area contributed by atoms with Crippen LogP contribution >= 0.6 is 23.2 Å². The maximum atomic E-state index is 10.5. The normalized spacial score (nSPS) is 12.1. The minimum atomic E-state index is -0.618. The minimum absolute atomic E-state index is 0.0831. The molecule has 0 aromatic carbocycles. The summed E-state index contributed by atoms with van der Waals surface area (Å²) in [6.45, 7) is 3.64. The zero-order valence-corrected chi connectivity index (χ0v) is 10.7. The van der Waals surface area contributed by atoms with Crippen molar-refractivity contribution in [1.29, 1.82) is 0 Å². The van der Waals surface area contributed by atoms with Gasteiger partial charge in [-0.3, -0.25) is 9.59 Å². The average Bonchev–Trinajstić information content (AvgIpc) is 2.24. The largest absolute Gasteiger partial charge is 0.375 e. The van der Waals surface area contributed by atoms with Gasteiger partial charge >= 0.3 is 0 Å². The van der Waals surface area contributed by atoms with Crippen molar-refractivity contribution in [2.24, 2.45) is 0 Å². The zero-order chi connectivity index (χ0) is 13.1. The van der Waals surface area contributed by atoms with Crippen molar-refractivity contribution in [3.05, 3.63) is 12.7 Å². The SMILES string of the molecule is C=CCOCC(COCC(=O)Cl)OCC(=O)Cl. The first-order valence-corrected chi connectivity index (χ1v) is 5.56. The van der Waals surface area contributed by atoms with Crippen molar-refractivity contribution >= 4 is 33.7 Å². The van der Waals surface area contributed by atoms with Crippen molar-refractivity contribution in [2.45, 2.75) is 6.10 Å². The summed E-state index contributed by atoms with van der Waals surface area (Å²) in [5, 5.41) is -1.23. The van der Waals surface area contributed by atoms with Crippen LogP contribution in [0.1, 0.15) is 0 Å². The Labute approximate surface area is 110 Å². The highest BCUT2D eigenvalue weighted by molar-refractivity contribution is 6.64. The summed E-state index contributed by atoms with van der Waals surface area (Å²) in [5.74, 6) is 0. The molecule has 0 radical (unpaired) electrons. The number of carbonyl (C=O) groups excluding carboxylic acids is 2. The molecule has 1 atom stereocenters. The average molecular weight is 285 g/mol. The summed E-state index contributed by atoms with van der Waals surface area (Å²) in [6, 6.07) is 0. The van der Waals surface area contributed by atoms with E-state index < -0.39 is 16.6 Å². The van der Waals surface area contributed by atoms with E-state index in [0.29, 0.717) is 6.61 Å². The Bertz CT molecular complexity index is 257. The predicted octanol–water partition coefficient (Wildman–Crippen LogP) is 1.12. The molecule has 0 bridgehead atoms. The number of carbonyl (C=O) groups is 2. The van der Waals surface area contributed by atoms with Crippen LogP contribution in [-0.2, 0) is 23.8 Å². The third-order valence-corrected chi connectivity index (χ3v) is 1.71. The molecule has 0 amide bonds. The van der Waals surface area contributed by atoms with Crippen molar-refractivity contribution in [1.82, 2.24) is 0 Å². The maximum Gasteiger partial charge on any atom is 0.247 e. The van der Waals surface area contributed by atoms with E-state index in [9.17, 15) is 9.59 Å². The smallest absolute Gasteiger partial charge is 0.247 e. The molecule has 0 aliphatic carbocycles. The first-order chi connectivity index (χ1) is 8.06. The van der Waals surface area contributed by atoms with E-state index in [-0.39, 0.29) is 26.4 Å². The highest BCUT2D eigenvalue weighted by Crippen LogP contribution is 1.98. The predicted molar refractivity (Wildman–Crippen MR) is 63.3 cm³/mol. The van der Waals surface area contributed by atoms with Crippen molar-refractivity contribution < 1.29 is 23.8 Å². The van der Waals surface area contributed by atoms with Crippen molar-refractivity contribution in [3.8, 4) is 0 Å². The maximum absolute atomic E-state index is 10.5. The quantitative estimate of drug-likeness (QED) is 0.323. The van der Waals surface area contributed by atoms with E-state index in [2.05, 4.69) is 6.58 Å². The Morgan fingerprint density at radius 3 is 2.24 bits per heavy atom. The van der Waals surface area contributed by atoms with E-state index in [1.807, 2.05) is 0 Å². The molecule has 17 heavy (non-hydrogen) atoms. The molecule has 7 heteroatoms. The van der Waals surface area contributed by atoms with Crippen LogP contribution in [-0.4, -0.2) is 49.6 Å². The molecule has 0 rings (SSSR count). The van der Waals surface area contributed by atoms with Crippen LogP contribution in [0.5, 0.6) is 0 Å². The van der Waals surface area contributed by atoms with Crippen LogP contribution < -0.4 is 0 Å². The lowest BCUT2D eigenvalue weighted by Gasteiger charge is -2.16. The van der Waals surface area contributed by atoms with Crippen LogP contribution in [0.3, 0.4) is 0 Å². The Hall–Kier alpha value is -0.460. The summed E-state index contributed by atoms with van der Waals surface area (Å²) in [7, 11) is 0. The summed E-state index contributed by atoms with van der Waals surface area (Å²) in [4.78, 5) is 21.0. The summed E-state index contributed by atoms with van der Waals surface area (Å²) in [6.07, 6.45) is 1.08. The highest BCUT2D eigenvalue weighted by atomic mass is 35.5. The molecule has 0 N–H and O–H groups in total. The molecule has 1 unspecified atom stereocenters. The Balaban J connectivity index is 3.86. The highest BCUT2D eigenvalue weighted by Gasteiger charge is 2.12. The molecule has 0 aromatic rings. The summed E-state index contributed by atoms with van der Waals surface area (Å²) < 4.78 is 15.2. The molecule has 0 aliphatic rings. The monoisotopic (exact) mass is 284 g/mol. The third kappa shape index (κ3) is 11.8. The van der Waals surface area contributed by atoms with Gasteiger partial charge in [-0.15, -0.1) is 6.58 Å². The summed E-state index contributed by atoms with van der Waals surface area (Å²) in [5.41, 5.74) is 0. The number of ether oxygens (including phenoxy) is 3. The van der Waals surface area contributed by atoms with Crippen LogP contribution in [0.4, 0.5) is 0 Å². The van der Waals surface area contributed by atoms with Gasteiger partial charge in [-0.05, 0) is 23.2 Å². The zero-order valence-electron chi connectivity index (χ0n) is 9.19. The van der Waals surface area contributed by atoms with Gasteiger partial charge in [-0.25, -0.2) is 0 Å². The van der Waals surface area contributed by atoms with Crippen molar-refractivity contribution in [3.63, 3.8) is 0 Å². The molecular weight excluding hydrogens is 271 g/mol. The molecule has 0 saturated carbocycles. The van der Waals surface area contributed by atoms with E-state index in [0.717, 1.165) is 0 Å². The molecule has 98 valence electrons. The second-order valence-corrected chi connectivity index (χ2v) is 3.83. The Morgan fingerprint density at radius 1 is 1.12 bits per heavy atom. The van der Waals surface area contributed by atoms with E-state index in [4.69, 9.17) is 37.4 Å². The van der Waals surface area contributed by atoms with Gasteiger partial charge in [0, 0.05) is 0 Å². The van der Waals surface area contributed by atoms with Gasteiger partial charge in [-0.2, -0.15) is 0 Å². The molecule has 0 aliphatic heterocycles. The van der Waals surface area contributed by atoms with Gasteiger partial charge in [0.2, 0.25) is 10.5 Å². The fraction of sp³-hybridized carbons (Fsp3) is 0.600. The molecule has 0 fully saturated rings. The molecule has 0 spiro atoms. The van der Waals surface area contributed by atoms with E-state index in [1.165, 1.54) is 0 Å². The van der Waals surface area contributed by atoms with Gasteiger partial charge in [0.25, 0.3) is 0 Å². The standard InChI is InChI=1S/C10H14Cl2O5/c1-2-3-15-4-8(17-7-10(12)14)5-16-6-9(11)13/h2,8H,1,3-7H2. The minimum Gasteiger partial charge on any atom is -0.375 e. The first-order valence-electron chi connectivity index (χ1n) is 4.81. The molecule has 0 saturated heterocycles.